The number of benzene rings is 1. The predicted molar refractivity (Wildman–Crippen MR) is 71.0 cm³/mol. The Bertz CT molecular complexity index is 465. The van der Waals surface area contributed by atoms with Crippen molar-refractivity contribution >= 4 is 46.2 Å². The van der Waals surface area contributed by atoms with Crippen LogP contribution in [0, 0.1) is 10.1 Å². The van der Waals surface area contributed by atoms with E-state index in [4.69, 9.17) is 40.2 Å². The molecular weight excluding hydrogens is 285 g/mol. The van der Waals surface area contributed by atoms with Crippen LogP contribution in [-0.4, -0.2) is 16.6 Å². The predicted octanol–water partition coefficient (Wildman–Crippen LogP) is 3.81. The molecule has 0 radical (unpaired) electrons. The van der Waals surface area contributed by atoms with E-state index in [0.717, 1.165) is 0 Å². The van der Waals surface area contributed by atoms with Gasteiger partial charge in [-0.1, -0.05) is 23.2 Å². The molecule has 7 heteroatoms. The van der Waals surface area contributed by atoms with Crippen molar-refractivity contribution in [3.63, 3.8) is 0 Å². The van der Waals surface area contributed by atoms with Gasteiger partial charge in [0.1, 0.15) is 0 Å². The normalized spacial score (nSPS) is 10.1. The summed E-state index contributed by atoms with van der Waals surface area (Å²) in [5, 5.41) is 11.5. The Morgan fingerprint density at radius 3 is 2.59 bits per heavy atom. The van der Waals surface area contributed by atoms with Crippen LogP contribution < -0.4 is 0 Å². The second-order valence-electron chi connectivity index (χ2n) is 3.13. The minimum atomic E-state index is -0.522. The number of hydrogen-bond donors (Lipinski definition) is 0. The molecule has 0 bridgehead atoms. The van der Waals surface area contributed by atoms with E-state index in [1.54, 1.807) is 6.92 Å². The van der Waals surface area contributed by atoms with E-state index in [9.17, 15) is 10.1 Å². The lowest BCUT2D eigenvalue weighted by Gasteiger charge is -2.07. The van der Waals surface area contributed by atoms with Gasteiger partial charge in [-0.25, -0.2) is 0 Å². The van der Waals surface area contributed by atoms with Crippen molar-refractivity contribution in [2.45, 2.75) is 13.3 Å². The minimum absolute atomic E-state index is 0.110. The quantitative estimate of drug-likeness (QED) is 0.481. The first-order valence-corrected chi connectivity index (χ1v) is 5.90. The topological polar surface area (TPSA) is 52.4 Å². The molecule has 0 heterocycles. The molecule has 0 atom stereocenters. The summed E-state index contributed by atoms with van der Waals surface area (Å²) in [6.07, 6.45) is 0.163. The summed E-state index contributed by atoms with van der Waals surface area (Å²) in [5.74, 6) is 0. The highest BCUT2D eigenvalue weighted by atomic mass is 35.5. The third-order valence-corrected chi connectivity index (χ3v) is 2.94. The summed E-state index contributed by atoms with van der Waals surface area (Å²) in [5.41, 5.74) is 0.282. The molecule has 92 valence electrons. The van der Waals surface area contributed by atoms with Crippen molar-refractivity contribution in [1.82, 2.24) is 0 Å². The highest BCUT2D eigenvalue weighted by molar-refractivity contribution is 7.80. The van der Waals surface area contributed by atoms with Crippen LogP contribution in [-0.2, 0) is 11.2 Å². The van der Waals surface area contributed by atoms with Crippen molar-refractivity contribution in [3.05, 3.63) is 37.9 Å². The Labute approximate surface area is 114 Å². The number of nitro benzene ring substituents is 1. The SMILES string of the molecule is CCOC(=S)Cc1cc(Cl)c(Cl)cc1[N+](=O)[O-]. The van der Waals surface area contributed by atoms with Crippen LogP contribution in [0.4, 0.5) is 5.69 Å². The molecule has 0 aromatic heterocycles. The Kier molecular flexibility index (Phi) is 5.11. The van der Waals surface area contributed by atoms with Crippen LogP contribution >= 0.6 is 35.4 Å². The Balaban J connectivity index is 3.08. The van der Waals surface area contributed by atoms with Crippen molar-refractivity contribution in [3.8, 4) is 0 Å². The van der Waals surface area contributed by atoms with Gasteiger partial charge in [0.15, 0.2) is 5.05 Å². The number of nitrogens with zero attached hydrogens (tertiary/aromatic N) is 1. The summed E-state index contributed by atoms with van der Waals surface area (Å²) in [7, 11) is 0. The van der Waals surface area contributed by atoms with Crippen LogP contribution in [0.3, 0.4) is 0 Å². The molecule has 17 heavy (non-hydrogen) atoms. The Morgan fingerprint density at radius 2 is 2.06 bits per heavy atom. The smallest absolute Gasteiger partial charge is 0.274 e. The molecule has 0 N–H and O–H groups in total. The molecule has 0 saturated carbocycles. The fourth-order valence-corrected chi connectivity index (χ4v) is 1.87. The third-order valence-electron chi connectivity index (χ3n) is 1.96. The molecule has 0 saturated heterocycles. The zero-order chi connectivity index (χ0) is 13.0. The van der Waals surface area contributed by atoms with Gasteiger partial charge >= 0.3 is 0 Å². The fourth-order valence-electron chi connectivity index (χ4n) is 1.26. The first kappa shape index (κ1) is 14.2. The lowest BCUT2D eigenvalue weighted by Crippen LogP contribution is -2.07. The van der Waals surface area contributed by atoms with Crippen LogP contribution in [0.5, 0.6) is 0 Å². The fraction of sp³-hybridized carbons (Fsp3) is 0.300. The van der Waals surface area contributed by atoms with E-state index in [-0.39, 0.29) is 27.2 Å². The highest BCUT2D eigenvalue weighted by Crippen LogP contribution is 2.30. The van der Waals surface area contributed by atoms with E-state index in [1.807, 2.05) is 0 Å². The maximum atomic E-state index is 10.8. The summed E-state index contributed by atoms with van der Waals surface area (Å²) < 4.78 is 5.08. The third kappa shape index (κ3) is 3.80. The first-order valence-electron chi connectivity index (χ1n) is 4.73. The molecule has 1 rings (SSSR count). The highest BCUT2D eigenvalue weighted by Gasteiger charge is 2.18. The van der Waals surface area contributed by atoms with Crippen LogP contribution in [0.25, 0.3) is 0 Å². The zero-order valence-electron chi connectivity index (χ0n) is 8.91. The summed E-state index contributed by atoms with van der Waals surface area (Å²) in [6.45, 7) is 2.21. The number of thiocarbonyl (C=S) groups is 1. The Hall–Kier alpha value is -0.910. The number of hydrogen-bond acceptors (Lipinski definition) is 4. The summed E-state index contributed by atoms with van der Waals surface area (Å²) >= 11 is 16.5. The van der Waals surface area contributed by atoms with E-state index in [2.05, 4.69) is 0 Å². The van der Waals surface area contributed by atoms with Gasteiger partial charge in [-0.05, 0) is 25.2 Å². The summed E-state index contributed by atoms with van der Waals surface area (Å²) in [4.78, 5) is 10.3. The van der Waals surface area contributed by atoms with Gasteiger partial charge in [-0.2, -0.15) is 0 Å². The van der Waals surface area contributed by atoms with Crippen molar-refractivity contribution in [2.75, 3.05) is 6.61 Å². The van der Waals surface area contributed by atoms with Gasteiger partial charge in [0, 0.05) is 18.1 Å². The molecule has 4 nitrogen and oxygen atoms in total. The van der Waals surface area contributed by atoms with E-state index in [1.165, 1.54) is 12.1 Å². The van der Waals surface area contributed by atoms with Gasteiger partial charge in [0.05, 0.1) is 21.6 Å². The molecular formula is C10H9Cl2NO3S. The molecule has 1 aromatic carbocycles. The molecule has 0 aliphatic rings. The minimum Gasteiger partial charge on any atom is -0.487 e. The van der Waals surface area contributed by atoms with Gasteiger partial charge < -0.3 is 4.74 Å². The van der Waals surface area contributed by atoms with Crippen LogP contribution in [0.15, 0.2) is 12.1 Å². The average Bonchev–Trinajstić information content (AvgIpc) is 2.23. The van der Waals surface area contributed by atoms with Crippen molar-refractivity contribution in [1.29, 1.82) is 0 Å². The number of rotatable bonds is 4. The molecule has 0 aliphatic carbocycles. The van der Waals surface area contributed by atoms with Crippen molar-refractivity contribution < 1.29 is 9.66 Å². The van der Waals surface area contributed by atoms with Gasteiger partial charge in [-0.3, -0.25) is 10.1 Å². The largest absolute Gasteiger partial charge is 0.487 e. The van der Waals surface area contributed by atoms with Gasteiger partial charge in [-0.15, -0.1) is 0 Å². The molecule has 1 aromatic rings. The Morgan fingerprint density at radius 1 is 1.47 bits per heavy atom. The van der Waals surface area contributed by atoms with E-state index >= 15 is 0 Å². The maximum absolute atomic E-state index is 10.8. The molecule has 0 aliphatic heterocycles. The van der Waals surface area contributed by atoms with Crippen molar-refractivity contribution in [2.24, 2.45) is 0 Å². The monoisotopic (exact) mass is 293 g/mol. The first-order chi connectivity index (χ1) is 7.95. The summed E-state index contributed by atoms with van der Waals surface area (Å²) in [6, 6.07) is 2.65. The van der Waals surface area contributed by atoms with Gasteiger partial charge in [0.2, 0.25) is 0 Å². The van der Waals surface area contributed by atoms with Crippen LogP contribution in [0.1, 0.15) is 12.5 Å². The molecule has 0 amide bonds. The second kappa shape index (κ2) is 6.14. The standard InChI is InChI=1S/C10H9Cl2NO3S/c1-2-16-10(17)4-6-3-7(11)8(12)5-9(6)13(14)15/h3,5H,2,4H2,1H3. The maximum Gasteiger partial charge on any atom is 0.274 e. The lowest BCUT2D eigenvalue weighted by molar-refractivity contribution is -0.385. The average molecular weight is 294 g/mol. The number of ether oxygens (including phenoxy) is 1. The number of nitro groups is 1. The van der Waals surface area contributed by atoms with E-state index in [0.29, 0.717) is 12.2 Å². The molecule has 0 spiro atoms. The second-order valence-corrected chi connectivity index (χ2v) is 4.40. The van der Waals surface area contributed by atoms with E-state index < -0.39 is 4.92 Å². The van der Waals surface area contributed by atoms with Gasteiger partial charge in [0.25, 0.3) is 5.69 Å². The zero-order valence-corrected chi connectivity index (χ0v) is 11.2. The molecule has 0 fully saturated rings. The van der Waals surface area contributed by atoms with Crippen LogP contribution in [0.2, 0.25) is 10.0 Å². The molecule has 0 unspecified atom stereocenters. The number of halogens is 2. The lowest BCUT2D eigenvalue weighted by atomic mass is 10.1.